The Morgan fingerprint density at radius 3 is 1.67 bits per heavy atom. The summed E-state index contributed by atoms with van der Waals surface area (Å²) in [5, 5.41) is 0. The molecule has 0 atom stereocenters. The van der Waals surface area contributed by atoms with Crippen molar-refractivity contribution in [2.24, 2.45) is 0 Å². The summed E-state index contributed by atoms with van der Waals surface area (Å²) >= 11 is 0. The van der Waals surface area contributed by atoms with Crippen molar-refractivity contribution in [3.05, 3.63) is 24.5 Å². The Morgan fingerprint density at radius 2 is 1.50 bits per heavy atom. The molecule has 0 aliphatic heterocycles. The maximum absolute atomic E-state index is 2.86. The van der Waals surface area contributed by atoms with Crippen LogP contribution in [0.5, 0.6) is 0 Å². The van der Waals surface area contributed by atoms with Crippen molar-refractivity contribution in [2.75, 3.05) is 0 Å². The van der Waals surface area contributed by atoms with Gasteiger partial charge in [0.25, 0.3) is 0 Å². The summed E-state index contributed by atoms with van der Waals surface area (Å²) in [7, 11) is 0. The van der Waals surface area contributed by atoms with Gasteiger partial charge >= 0.3 is 0 Å². The third-order valence-corrected chi connectivity index (χ3v) is 0.496. The zero-order valence-electron chi connectivity index (χ0n) is 3.52. The summed E-state index contributed by atoms with van der Waals surface area (Å²) in [6.45, 7) is 0. The molecular formula is C4H5NZn. The molecule has 1 aromatic rings. The van der Waals surface area contributed by atoms with E-state index >= 15 is 0 Å². The molecule has 1 heterocycles. The largest absolute Gasteiger partial charge is 0.368 e. The van der Waals surface area contributed by atoms with Crippen molar-refractivity contribution in [3.8, 4) is 0 Å². The Hall–Kier alpha value is -0.0966. The summed E-state index contributed by atoms with van der Waals surface area (Å²) in [6.07, 6.45) is 3.75. The molecule has 2 heteroatoms. The van der Waals surface area contributed by atoms with Crippen LogP contribution in [0.25, 0.3) is 0 Å². The molecule has 1 rings (SSSR count). The van der Waals surface area contributed by atoms with Crippen LogP contribution in [0.2, 0.25) is 0 Å². The minimum atomic E-state index is 0. The fourth-order valence-electron chi connectivity index (χ4n) is 0.278. The number of H-pyrrole nitrogens is 1. The van der Waals surface area contributed by atoms with Gasteiger partial charge in [0.2, 0.25) is 0 Å². The van der Waals surface area contributed by atoms with Crippen LogP contribution in [-0.4, -0.2) is 4.98 Å². The van der Waals surface area contributed by atoms with E-state index in [-0.39, 0.29) is 19.5 Å². The molecule has 0 aliphatic rings. The van der Waals surface area contributed by atoms with Crippen LogP contribution in [0, 0.1) is 0 Å². The maximum Gasteiger partial charge on any atom is 0.000496 e. The van der Waals surface area contributed by atoms with E-state index in [9.17, 15) is 0 Å². The SMILES string of the molecule is [Zn].c1cc[nH]c1. The van der Waals surface area contributed by atoms with E-state index in [1.54, 1.807) is 0 Å². The first kappa shape index (κ1) is 5.90. The van der Waals surface area contributed by atoms with E-state index < -0.39 is 0 Å². The predicted octanol–water partition coefficient (Wildman–Crippen LogP) is 1.01. The van der Waals surface area contributed by atoms with E-state index in [2.05, 4.69) is 4.98 Å². The zero-order chi connectivity index (χ0) is 3.54. The number of hydrogen-bond donors (Lipinski definition) is 1. The summed E-state index contributed by atoms with van der Waals surface area (Å²) in [5.74, 6) is 0. The Morgan fingerprint density at radius 1 is 1.00 bits per heavy atom. The Kier molecular flexibility index (Phi) is 3.06. The number of aromatic amines is 1. The van der Waals surface area contributed by atoms with Crippen molar-refractivity contribution in [1.29, 1.82) is 0 Å². The first-order valence-corrected chi connectivity index (χ1v) is 1.58. The Labute approximate surface area is 49.5 Å². The van der Waals surface area contributed by atoms with Crippen LogP contribution < -0.4 is 0 Å². The standard InChI is InChI=1S/C4H5N.Zn/c1-2-4-5-3-1;/h1-5H;. The van der Waals surface area contributed by atoms with Crippen LogP contribution in [0.15, 0.2) is 24.5 Å². The summed E-state index contributed by atoms with van der Waals surface area (Å²) in [4.78, 5) is 2.86. The fourth-order valence-corrected chi connectivity index (χ4v) is 0.278. The predicted molar refractivity (Wildman–Crippen MR) is 20.8 cm³/mol. The van der Waals surface area contributed by atoms with Gasteiger partial charge in [0.05, 0.1) is 0 Å². The monoisotopic (exact) mass is 131 g/mol. The van der Waals surface area contributed by atoms with Gasteiger partial charge in [-0.2, -0.15) is 0 Å². The minimum Gasteiger partial charge on any atom is -0.368 e. The van der Waals surface area contributed by atoms with E-state index in [0.717, 1.165) is 0 Å². The Bertz CT molecular complexity index is 64.0. The third kappa shape index (κ3) is 1.37. The molecule has 0 spiro atoms. The number of nitrogens with one attached hydrogen (secondary N) is 1. The minimum absolute atomic E-state index is 0. The molecule has 28 valence electrons. The van der Waals surface area contributed by atoms with Crippen LogP contribution in [-0.2, 0) is 19.5 Å². The van der Waals surface area contributed by atoms with Gasteiger partial charge in [0.1, 0.15) is 0 Å². The number of rotatable bonds is 0. The van der Waals surface area contributed by atoms with E-state index in [1.807, 2.05) is 24.5 Å². The zero-order valence-corrected chi connectivity index (χ0v) is 6.48. The molecule has 6 heavy (non-hydrogen) atoms. The van der Waals surface area contributed by atoms with Gasteiger partial charge in [-0.25, -0.2) is 0 Å². The molecule has 0 bridgehead atoms. The number of aromatic nitrogens is 1. The van der Waals surface area contributed by atoms with Crippen molar-refractivity contribution in [1.82, 2.24) is 4.98 Å². The molecule has 0 radical (unpaired) electrons. The molecular weight excluding hydrogens is 127 g/mol. The number of hydrogen-bond acceptors (Lipinski definition) is 0. The van der Waals surface area contributed by atoms with Gasteiger partial charge in [-0.15, -0.1) is 0 Å². The average Bonchev–Trinajstić information content (AvgIpc) is 1.76. The molecule has 0 saturated heterocycles. The van der Waals surface area contributed by atoms with E-state index in [4.69, 9.17) is 0 Å². The van der Waals surface area contributed by atoms with Crippen LogP contribution >= 0.6 is 0 Å². The van der Waals surface area contributed by atoms with E-state index in [0.29, 0.717) is 0 Å². The Balaban J connectivity index is 0.000000250. The van der Waals surface area contributed by atoms with E-state index in [1.165, 1.54) is 0 Å². The second-order valence-corrected chi connectivity index (χ2v) is 0.885. The first-order chi connectivity index (χ1) is 2.50. The van der Waals surface area contributed by atoms with Gasteiger partial charge < -0.3 is 4.98 Å². The van der Waals surface area contributed by atoms with Crippen molar-refractivity contribution in [2.45, 2.75) is 0 Å². The topological polar surface area (TPSA) is 15.8 Å². The summed E-state index contributed by atoms with van der Waals surface area (Å²) < 4.78 is 0. The summed E-state index contributed by atoms with van der Waals surface area (Å²) in [6, 6.07) is 3.89. The molecule has 0 amide bonds. The van der Waals surface area contributed by atoms with Crippen molar-refractivity contribution >= 4 is 0 Å². The molecule has 1 N–H and O–H groups in total. The van der Waals surface area contributed by atoms with Gasteiger partial charge in [0, 0.05) is 31.9 Å². The third-order valence-electron chi connectivity index (χ3n) is 0.496. The molecule has 0 fully saturated rings. The van der Waals surface area contributed by atoms with Crippen LogP contribution in [0.1, 0.15) is 0 Å². The molecule has 1 nitrogen and oxygen atoms in total. The second-order valence-electron chi connectivity index (χ2n) is 0.885. The normalized spacial score (nSPS) is 6.67. The van der Waals surface area contributed by atoms with Gasteiger partial charge in [-0.3, -0.25) is 0 Å². The molecule has 0 aromatic carbocycles. The molecule has 0 aliphatic carbocycles. The van der Waals surface area contributed by atoms with Gasteiger partial charge in [0.15, 0.2) is 0 Å². The van der Waals surface area contributed by atoms with Gasteiger partial charge in [-0.1, -0.05) is 0 Å². The fraction of sp³-hybridized carbons (Fsp3) is 0. The van der Waals surface area contributed by atoms with Crippen molar-refractivity contribution in [3.63, 3.8) is 0 Å². The van der Waals surface area contributed by atoms with Crippen LogP contribution in [0.4, 0.5) is 0 Å². The van der Waals surface area contributed by atoms with Crippen LogP contribution in [0.3, 0.4) is 0 Å². The van der Waals surface area contributed by atoms with Gasteiger partial charge in [-0.05, 0) is 12.1 Å². The second kappa shape index (κ2) is 3.11. The molecule has 0 unspecified atom stereocenters. The average molecular weight is 132 g/mol. The quantitative estimate of drug-likeness (QED) is 0.507. The molecule has 1 aromatic heterocycles. The maximum atomic E-state index is 2.86. The first-order valence-electron chi connectivity index (χ1n) is 1.58. The smallest absolute Gasteiger partial charge is 0.000496 e. The summed E-state index contributed by atoms with van der Waals surface area (Å²) in [5.41, 5.74) is 0. The van der Waals surface area contributed by atoms with Crippen molar-refractivity contribution < 1.29 is 19.5 Å². The molecule has 0 saturated carbocycles.